The number of methoxy groups -OCH3 is 2. The first-order valence-electron chi connectivity index (χ1n) is 15.2. The Morgan fingerprint density at radius 3 is 2.36 bits per heavy atom. The Morgan fingerprint density at radius 1 is 0.905 bits per heavy atom. The molecule has 2 saturated heterocycles. The first kappa shape index (κ1) is 33.5. The number of hydrogen-bond acceptors (Lipinski definition) is 8. The van der Waals surface area contributed by atoms with Crippen LogP contribution in [0.15, 0.2) is 59.8 Å². The molecule has 3 aliphatic heterocycles. The highest BCUT2D eigenvalue weighted by Crippen LogP contribution is 2.33. The lowest BCUT2D eigenvalue weighted by atomic mass is 9.89. The van der Waals surface area contributed by atoms with Crippen molar-refractivity contribution < 1.29 is 38.1 Å². The number of fused-ring (bicyclic) bond motifs is 4. The van der Waals surface area contributed by atoms with Gasteiger partial charge in [-0.3, -0.25) is 9.59 Å². The van der Waals surface area contributed by atoms with Gasteiger partial charge < -0.3 is 23.7 Å². The second-order valence-electron chi connectivity index (χ2n) is 11.8. The van der Waals surface area contributed by atoms with Crippen LogP contribution >= 0.6 is 0 Å². The molecule has 0 spiro atoms. The van der Waals surface area contributed by atoms with Crippen LogP contribution in [0, 0.1) is 11.8 Å². The van der Waals surface area contributed by atoms with Crippen molar-refractivity contribution in [1.29, 1.82) is 0 Å². The third kappa shape index (κ3) is 11.7. The zero-order chi connectivity index (χ0) is 30.5. The molecule has 0 amide bonds. The zero-order valence-corrected chi connectivity index (χ0v) is 25.8. The van der Waals surface area contributed by atoms with E-state index < -0.39 is 18.2 Å². The van der Waals surface area contributed by atoms with Crippen LogP contribution in [0.5, 0.6) is 0 Å². The lowest BCUT2D eigenvalue weighted by Crippen LogP contribution is -2.37. The Hall–Kier alpha value is -2.97. The molecule has 0 aromatic carbocycles. The van der Waals surface area contributed by atoms with Gasteiger partial charge >= 0.3 is 17.9 Å². The van der Waals surface area contributed by atoms with Crippen molar-refractivity contribution in [1.82, 2.24) is 0 Å². The van der Waals surface area contributed by atoms with Gasteiger partial charge in [-0.15, -0.1) is 0 Å². The smallest absolute Gasteiger partial charge is 0.330 e. The predicted molar refractivity (Wildman–Crippen MR) is 160 cm³/mol. The van der Waals surface area contributed by atoms with Crippen LogP contribution in [0.3, 0.4) is 0 Å². The molecule has 0 aromatic rings. The van der Waals surface area contributed by atoms with Gasteiger partial charge in [0.05, 0.1) is 51.5 Å². The lowest BCUT2D eigenvalue weighted by molar-refractivity contribution is -0.154. The van der Waals surface area contributed by atoms with E-state index in [4.69, 9.17) is 23.7 Å². The van der Waals surface area contributed by atoms with Gasteiger partial charge in [0.15, 0.2) is 0 Å². The fourth-order valence-electron chi connectivity index (χ4n) is 5.75. The fourth-order valence-corrected chi connectivity index (χ4v) is 5.75. The van der Waals surface area contributed by atoms with E-state index in [-0.39, 0.29) is 49.0 Å². The average Bonchev–Trinajstić information content (AvgIpc) is 2.94. The highest BCUT2D eigenvalue weighted by atomic mass is 16.6. The molecule has 2 fully saturated rings. The minimum Gasteiger partial charge on any atom is -0.469 e. The molecule has 7 atom stereocenters. The van der Waals surface area contributed by atoms with Gasteiger partial charge in [-0.25, -0.2) is 4.79 Å². The number of hydrogen-bond donors (Lipinski definition) is 0. The Bertz CT molecular complexity index is 1070. The lowest BCUT2D eigenvalue weighted by Gasteiger charge is -2.37. The third-order valence-electron chi connectivity index (χ3n) is 7.96. The summed E-state index contributed by atoms with van der Waals surface area (Å²) in [6.45, 7) is 6.10. The van der Waals surface area contributed by atoms with E-state index >= 15 is 0 Å². The average molecular weight is 585 g/mol. The minimum absolute atomic E-state index is 0.0552. The van der Waals surface area contributed by atoms with Crippen molar-refractivity contribution in [2.24, 2.45) is 11.8 Å². The Kier molecular flexibility index (Phi) is 13.7. The maximum Gasteiger partial charge on any atom is 0.330 e. The normalized spacial score (nSPS) is 33.4. The van der Waals surface area contributed by atoms with Crippen LogP contribution < -0.4 is 0 Å². The molecule has 8 heteroatoms. The standard InChI is InChI=1S/C34H48O8/c1-23(17-32(35)38-4)10-7-6-8-13-31-25(3)15-14-24(2)16-27-11-9-12-28(40-27)21-29-18-26(20-33(36)39-5)19-30(41-29)22-34(37)42-31/h6-8,10,13-15,20,24-25,27-31H,9,11-12,16-19,21-22H2,1-5H3/b7-6-,13-8+,15-14+,23-10+,26-20+/t24-,25-,27+,28-,29+,30-,31-/m0/s1. The summed E-state index contributed by atoms with van der Waals surface area (Å²) in [5.74, 6) is -0.764. The summed E-state index contributed by atoms with van der Waals surface area (Å²) >= 11 is 0. The van der Waals surface area contributed by atoms with Gasteiger partial charge in [-0.05, 0) is 57.4 Å². The van der Waals surface area contributed by atoms with Crippen molar-refractivity contribution in [2.75, 3.05) is 14.2 Å². The van der Waals surface area contributed by atoms with E-state index in [1.807, 2.05) is 44.2 Å². The van der Waals surface area contributed by atoms with Gasteiger partial charge in [0.2, 0.25) is 0 Å². The molecule has 0 N–H and O–H groups in total. The number of ether oxygens (including phenoxy) is 5. The molecule has 3 rings (SSSR count). The number of esters is 3. The first-order valence-corrected chi connectivity index (χ1v) is 15.2. The number of carbonyl (C=O) groups excluding carboxylic acids is 3. The number of carbonyl (C=O) groups is 3. The molecule has 8 nitrogen and oxygen atoms in total. The van der Waals surface area contributed by atoms with Crippen LogP contribution in [0.4, 0.5) is 0 Å². The number of allylic oxidation sites excluding steroid dienone is 5. The summed E-state index contributed by atoms with van der Waals surface area (Å²) in [7, 11) is 2.74. The highest BCUT2D eigenvalue weighted by Gasteiger charge is 2.33. The quantitative estimate of drug-likeness (QED) is 0.121. The molecule has 0 radical (unpaired) electrons. The van der Waals surface area contributed by atoms with Gasteiger partial charge in [-0.2, -0.15) is 0 Å². The van der Waals surface area contributed by atoms with E-state index in [1.54, 1.807) is 0 Å². The van der Waals surface area contributed by atoms with E-state index in [1.165, 1.54) is 20.3 Å². The summed E-state index contributed by atoms with van der Waals surface area (Å²) in [5.41, 5.74) is 1.80. The van der Waals surface area contributed by atoms with Gasteiger partial charge in [0.1, 0.15) is 6.10 Å². The van der Waals surface area contributed by atoms with Crippen LogP contribution in [0.25, 0.3) is 0 Å². The van der Waals surface area contributed by atoms with Crippen molar-refractivity contribution in [3.63, 3.8) is 0 Å². The first-order chi connectivity index (χ1) is 20.1. The van der Waals surface area contributed by atoms with Crippen molar-refractivity contribution in [3.05, 3.63) is 59.8 Å². The Morgan fingerprint density at radius 2 is 1.62 bits per heavy atom. The third-order valence-corrected chi connectivity index (χ3v) is 7.96. The molecule has 3 aliphatic rings. The Balaban J connectivity index is 1.80. The molecule has 3 heterocycles. The molecule has 0 unspecified atom stereocenters. The summed E-state index contributed by atoms with van der Waals surface area (Å²) in [5, 5.41) is 0. The maximum absolute atomic E-state index is 13.2. The predicted octanol–water partition coefficient (Wildman–Crippen LogP) is 6.12. The van der Waals surface area contributed by atoms with Gasteiger partial charge in [-0.1, -0.05) is 61.4 Å². The van der Waals surface area contributed by atoms with Crippen LogP contribution in [0.1, 0.15) is 78.6 Å². The molecular weight excluding hydrogens is 536 g/mol. The largest absolute Gasteiger partial charge is 0.469 e. The SMILES string of the molecule is COC(=O)/C=C1/C[C@H]2CC(=O)O[C@@H](/C=C/C=C\C=C(/C)CC(=O)OC)[C@@H](C)/C=C/[C@H](C)C[C@H]3CCC[C@@H](C[C@@H](C1)O2)O3. The van der Waals surface area contributed by atoms with Crippen LogP contribution in [-0.2, 0) is 38.1 Å². The van der Waals surface area contributed by atoms with E-state index in [9.17, 15) is 14.4 Å². The van der Waals surface area contributed by atoms with Crippen LogP contribution in [0.2, 0.25) is 0 Å². The molecule has 232 valence electrons. The van der Waals surface area contributed by atoms with Gasteiger partial charge in [0, 0.05) is 18.4 Å². The molecule has 4 bridgehead atoms. The molecule has 42 heavy (non-hydrogen) atoms. The number of rotatable bonds is 6. The van der Waals surface area contributed by atoms with Crippen LogP contribution in [-0.4, -0.2) is 62.6 Å². The monoisotopic (exact) mass is 584 g/mol. The molecular formula is C34H48O8. The van der Waals surface area contributed by atoms with Crippen molar-refractivity contribution >= 4 is 17.9 Å². The second-order valence-corrected chi connectivity index (χ2v) is 11.8. The maximum atomic E-state index is 13.2. The minimum atomic E-state index is -0.474. The van der Waals surface area contributed by atoms with Gasteiger partial charge in [0.25, 0.3) is 0 Å². The summed E-state index contributed by atoms with van der Waals surface area (Å²) in [6, 6.07) is 0. The summed E-state index contributed by atoms with van der Waals surface area (Å²) in [4.78, 5) is 36.7. The van der Waals surface area contributed by atoms with E-state index in [0.717, 1.165) is 43.3 Å². The second kappa shape index (κ2) is 17.2. The molecule has 0 saturated carbocycles. The van der Waals surface area contributed by atoms with Crippen molar-refractivity contribution in [2.45, 2.75) is 109 Å². The van der Waals surface area contributed by atoms with E-state index in [2.05, 4.69) is 19.1 Å². The van der Waals surface area contributed by atoms with E-state index in [0.29, 0.717) is 18.8 Å². The zero-order valence-electron chi connectivity index (χ0n) is 25.8. The van der Waals surface area contributed by atoms with Crippen molar-refractivity contribution in [3.8, 4) is 0 Å². The number of cyclic esters (lactones) is 1. The molecule has 0 aromatic heterocycles. The topological polar surface area (TPSA) is 97.4 Å². The molecule has 0 aliphatic carbocycles. The summed E-state index contributed by atoms with van der Waals surface area (Å²) in [6.07, 6.45) is 20.7. The summed E-state index contributed by atoms with van der Waals surface area (Å²) < 4.78 is 28.5. The highest BCUT2D eigenvalue weighted by molar-refractivity contribution is 5.82. The Labute approximate surface area is 250 Å². The fraction of sp³-hybridized carbons (Fsp3) is 0.618.